The number of hydrogen-bond acceptors (Lipinski definition) is 5. The monoisotopic (exact) mass is 535 g/mol. The highest BCUT2D eigenvalue weighted by atomic mass is 35.5. The second kappa shape index (κ2) is 11.1. The Labute approximate surface area is 227 Å². The number of carbonyl (C=O) groups excluding carboxylic acids is 2. The summed E-state index contributed by atoms with van der Waals surface area (Å²) in [5.41, 5.74) is 3.51. The Morgan fingerprint density at radius 2 is 1.63 bits per heavy atom. The van der Waals surface area contributed by atoms with Crippen molar-refractivity contribution in [1.29, 1.82) is 0 Å². The molecule has 1 heterocycles. The van der Waals surface area contributed by atoms with Gasteiger partial charge in [0.2, 0.25) is 5.91 Å². The van der Waals surface area contributed by atoms with Crippen LogP contribution < -0.4 is 19.4 Å². The van der Waals surface area contributed by atoms with Gasteiger partial charge in [0.05, 0.1) is 11.7 Å². The topological polar surface area (TPSA) is 90.4 Å². The molecule has 0 saturated heterocycles. The van der Waals surface area contributed by atoms with Gasteiger partial charge >= 0.3 is 5.97 Å². The van der Waals surface area contributed by atoms with Crippen molar-refractivity contribution < 1.29 is 24.2 Å². The molecule has 2 atom stereocenters. The molecule has 2 unspecified atom stereocenters. The van der Waals surface area contributed by atoms with Crippen molar-refractivity contribution in [2.24, 2.45) is 0 Å². The number of hydrogen-bond donors (Lipinski definition) is 1. The molecule has 0 aliphatic carbocycles. The summed E-state index contributed by atoms with van der Waals surface area (Å²) in [6, 6.07) is 18.9. The molecule has 0 saturated carbocycles. The first-order chi connectivity index (χ1) is 18.1. The highest BCUT2D eigenvalue weighted by Crippen LogP contribution is 2.44. The maximum Gasteiger partial charge on any atom is 0.341 e. The van der Waals surface area contributed by atoms with E-state index in [1.54, 1.807) is 64.4 Å². The van der Waals surface area contributed by atoms with E-state index in [2.05, 4.69) is 0 Å². The summed E-state index contributed by atoms with van der Waals surface area (Å²) in [5.74, 6) is -1.13. The smallest absolute Gasteiger partial charge is 0.341 e. The molecule has 38 heavy (non-hydrogen) atoms. The number of anilines is 3. The lowest BCUT2D eigenvalue weighted by Crippen LogP contribution is -2.47. The molecule has 3 aromatic carbocycles. The summed E-state index contributed by atoms with van der Waals surface area (Å²) < 4.78 is 5.45. The lowest BCUT2D eigenvalue weighted by molar-refractivity contribution is -0.139. The molecule has 9 heteroatoms. The van der Waals surface area contributed by atoms with E-state index in [9.17, 15) is 14.4 Å². The van der Waals surface area contributed by atoms with E-state index in [4.69, 9.17) is 21.4 Å². The predicted molar refractivity (Wildman–Crippen MR) is 149 cm³/mol. The van der Waals surface area contributed by atoms with E-state index < -0.39 is 12.6 Å². The summed E-state index contributed by atoms with van der Waals surface area (Å²) in [7, 11) is 3.86. The van der Waals surface area contributed by atoms with Crippen LogP contribution in [0.2, 0.25) is 5.02 Å². The van der Waals surface area contributed by atoms with Gasteiger partial charge in [0.1, 0.15) is 5.75 Å². The first-order valence-electron chi connectivity index (χ1n) is 12.2. The molecule has 0 fully saturated rings. The number of fused-ring (bicyclic) bond motifs is 1. The van der Waals surface area contributed by atoms with Crippen LogP contribution in [-0.2, 0) is 9.59 Å². The van der Waals surface area contributed by atoms with E-state index in [1.165, 1.54) is 6.92 Å². The Morgan fingerprint density at radius 3 is 2.21 bits per heavy atom. The molecule has 0 bridgehead atoms. The van der Waals surface area contributed by atoms with Crippen molar-refractivity contribution >= 4 is 46.4 Å². The highest BCUT2D eigenvalue weighted by Gasteiger charge is 2.38. The lowest BCUT2D eigenvalue weighted by atomic mass is 9.89. The maximum absolute atomic E-state index is 13.8. The SMILES string of the molecule is CC(=O)N(c1ccc(Cl)cc1)C1CC(C)N(C(=O)c2ccc(N(C)C)cc2)c2cc(OCC(=O)O)ccc21. The summed E-state index contributed by atoms with van der Waals surface area (Å²) in [6.07, 6.45) is 0.492. The summed E-state index contributed by atoms with van der Waals surface area (Å²) >= 11 is 6.09. The van der Waals surface area contributed by atoms with Gasteiger partial charge in [0, 0.05) is 55.1 Å². The van der Waals surface area contributed by atoms with Gasteiger partial charge in [0.25, 0.3) is 5.91 Å². The second-order valence-electron chi connectivity index (χ2n) is 9.49. The van der Waals surface area contributed by atoms with Crippen LogP contribution in [0.5, 0.6) is 5.75 Å². The number of aliphatic carboxylic acids is 1. The molecule has 4 rings (SSSR count). The minimum Gasteiger partial charge on any atom is -0.482 e. The number of carbonyl (C=O) groups is 3. The Morgan fingerprint density at radius 1 is 1.00 bits per heavy atom. The Balaban J connectivity index is 1.80. The van der Waals surface area contributed by atoms with Crippen LogP contribution in [0.4, 0.5) is 17.1 Å². The van der Waals surface area contributed by atoms with Crippen LogP contribution in [0.3, 0.4) is 0 Å². The van der Waals surface area contributed by atoms with Gasteiger partial charge in [-0.2, -0.15) is 0 Å². The zero-order valence-corrected chi connectivity index (χ0v) is 22.5. The van der Waals surface area contributed by atoms with Gasteiger partial charge in [-0.15, -0.1) is 0 Å². The number of nitrogens with zero attached hydrogens (tertiary/aromatic N) is 3. The molecule has 1 N–H and O–H groups in total. The average Bonchev–Trinajstić information content (AvgIpc) is 2.88. The van der Waals surface area contributed by atoms with Gasteiger partial charge in [-0.25, -0.2) is 4.79 Å². The number of carboxylic acids is 1. The lowest BCUT2D eigenvalue weighted by Gasteiger charge is -2.43. The van der Waals surface area contributed by atoms with Crippen molar-refractivity contribution in [3.8, 4) is 5.75 Å². The van der Waals surface area contributed by atoms with Gasteiger partial charge < -0.3 is 24.5 Å². The minimum absolute atomic E-state index is 0.152. The molecule has 8 nitrogen and oxygen atoms in total. The maximum atomic E-state index is 13.8. The van der Waals surface area contributed by atoms with Gasteiger partial charge in [-0.1, -0.05) is 17.7 Å². The number of halogens is 1. The second-order valence-corrected chi connectivity index (χ2v) is 9.92. The van der Waals surface area contributed by atoms with Crippen molar-refractivity contribution in [2.75, 3.05) is 35.4 Å². The van der Waals surface area contributed by atoms with Crippen molar-refractivity contribution in [3.05, 3.63) is 82.9 Å². The Hall–Kier alpha value is -4.04. The molecular formula is C29H30ClN3O5. The molecule has 198 valence electrons. The molecule has 2 amide bonds. The van der Waals surface area contributed by atoms with Crippen molar-refractivity contribution in [2.45, 2.75) is 32.4 Å². The van der Waals surface area contributed by atoms with Crippen molar-refractivity contribution in [3.63, 3.8) is 0 Å². The molecular weight excluding hydrogens is 506 g/mol. The highest BCUT2D eigenvalue weighted by molar-refractivity contribution is 6.30. The Bertz CT molecular complexity index is 1340. The zero-order valence-electron chi connectivity index (χ0n) is 21.7. The van der Waals surface area contributed by atoms with Gasteiger partial charge in [-0.3, -0.25) is 9.59 Å². The minimum atomic E-state index is -1.10. The normalized spacial score (nSPS) is 16.4. The number of benzene rings is 3. The molecule has 0 aromatic heterocycles. The van der Waals surface area contributed by atoms with Crippen LogP contribution in [0.1, 0.15) is 42.2 Å². The van der Waals surface area contributed by atoms with Gasteiger partial charge in [0.15, 0.2) is 6.61 Å². The third-order valence-corrected chi connectivity index (χ3v) is 6.85. The summed E-state index contributed by atoms with van der Waals surface area (Å²) in [5, 5.41) is 9.64. The van der Waals surface area contributed by atoms with E-state index in [1.807, 2.05) is 38.1 Å². The standard InChI is InChI=1S/C29H30ClN3O5/c1-18-15-26(33(19(2)34)23-11-7-21(30)8-12-23)25-14-13-24(38-17-28(35)36)16-27(25)32(18)29(37)20-5-9-22(10-6-20)31(3)4/h5-14,16,18,26H,15,17H2,1-4H3,(H,35,36). The summed E-state index contributed by atoms with van der Waals surface area (Å²) in [4.78, 5) is 43.2. The molecule has 0 radical (unpaired) electrons. The number of amides is 2. The zero-order chi connectivity index (χ0) is 27.6. The van der Waals surface area contributed by atoms with E-state index >= 15 is 0 Å². The fourth-order valence-corrected chi connectivity index (χ4v) is 4.95. The molecule has 0 spiro atoms. The number of carboxylic acid groups (broad SMARTS) is 1. The summed E-state index contributed by atoms with van der Waals surface area (Å²) in [6.45, 7) is 2.93. The third-order valence-electron chi connectivity index (χ3n) is 6.59. The molecule has 3 aromatic rings. The average molecular weight is 536 g/mol. The van der Waals surface area contributed by atoms with Gasteiger partial charge in [-0.05, 0) is 73.5 Å². The van der Waals surface area contributed by atoms with E-state index in [0.29, 0.717) is 34.1 Å². The number of ether oxygens (including phenoxy) is 1. The third kappa shape index (κ3) is 5.60. The van der Waals surface area contributed by atoms with E-state index in [0.717, 1.165) is 11.3 Å². The first-order valence-corrected chi connectivity index (χ1v) is 12.6. The van der Waals surface area contributed by atoms with Crippen LogP contribution in [0.25, 0.3) is 0 Å². The Kier molecular flexibility index (Phi) is 7.92. The van der Waals surface area contributed by atoms with Crippen LogP contribution in [0, 0.1) is 0 Å². The quantitative estimate of drug-likeness (QED) is 0.435. The van der Waals surface area contributed by atoms with Crippen molar-refractivity contribution in [1.82, 2.24) is 0 Å². The van der Waals surface area contributed by atoms with Crippen LogP contribution >= 0.6 is 11.6 Å². The van der Waals surface area contributed by atoms with E-state index in [-0.39, 0.29) is 23.9 Å². The fraction of sp³-hybridized carbons (Fsp3) is 0.276. The number of rotatable bonds is 7. The predicted octanol–water partition coefficient (Wildman–Crippen LogP) is 5.40. The molecule has 1 aliphatic rings. The first kappa shape index (κ1) is 27.0. The largest absolute Gasteiger partial charge is 0.482 e. The van der Waals surface area contributed by atoms with Crippen LogP contribution in [0.15, 0.2) is 66.7 Å². The van der Waals surface area contributed by atoms with Crippen LogP contribution in [-0.4, -0.2) is 49.6 Å². The fourth-order valence-electron chi connectivity index (χ4n) is 4.82. The molecule has 1 aliphatic heterocycles.